The van der Waals surface area contributed by atoms with Crippen LogP contribution in [-0.4, -0.2) is 23.3 Å². The van der Waals surface area contributed by atoms with Gasteiger partial charge in [0.2, 0.25) is 0 Å². The number of aromatic nitrogens is 3. The molecule has 0 saturated heterocycles. The first-order valence-electron chi connectivity index (χ1n) is 6.56. The summed E-state index contributed by atoms with van der Waals surface area (Å²) in [6.45, 7) is 0. The number of hydrogen-bond acceptors (Lipinski definition) is 3. The first-order chi connectivity index (χ1) is 11.0. The van der Waals surface area contributed by atoms with Crippen molar-refractivity contribution in [2.75, 3.05) is 0 Å². The molecular formula is C15H11ClFN3O2S. The van der Waals surface area contributed by atoms with Gasteiger partial charge in [0.05, 0.1) is 29.0 Å². The summed E-state index contributed by atoms with van der Waals surface area (Å²) in [6.07, 6.45) is 3.11. The number of rotatable bonds is 4. The van der Waals surface area contributed by atoms with Crippen LogP contribution in [0.15, 0.2) is 48.9 Å². The van der Waals surface area contributed by atoms with Crippen molar-refractivity contribution in [1.29, 1.82) is 0 Å². The van der Waals surface area contributed by atoms with E-state index in [1.54, 1.807) is 41.4 Å². The number of hydrogen-bond donors (Lipinski definition) is 1. The van der Waals surface area contributed by atoms with Gasteiger partial charge in [0.15, 0.2) is 16.2 Å². The molecular weight excluding hydrogens is 341 g/mol. The second kappa shape index (κ2) is 6.57. The van der Waals surface area contributed by atoms with E-state index < -0.39 is 11.1 Å². The molecule has 1 aromatic carbocycles. The maximum atomic E-state index is 13.1. The van der Waals surface area contributed by atoms with Crippen LogP contribution in [0.25, 0.3) is 16.9 Å². The van der Waals surface area contributed by atoms with E-state index >= 15 is 0 Å². The molecule has 0 aliphatic carbocycles. The molecule has 0 radical (unpaired) electrons. The van der Waals surface area contributed by atoms with Gasteiger partial charge >= 0.3 is 0 Å². The molecule has 0 aliphatic rings. The second-order valence-electron chi connectivity index (χ2n) is 4.73. The number of imidazole rings is 1. The molecule has 3 rings (SSSR count). The van der Waals surface area contributed by atoms with Crippen LogP contribution in [-0.2, 0) is 16.8 Å². The molecule has 0 spiro atoms. The molecule has 0 bridgehead atoms. The normalized spacial score (nSPS) is 12.3. The van der Waals surface area contributed by atoms with Gasteiger partial charge in [0.1, 0.15) is 12.1 Å². The predicted molar refractivity (Wildman–Crippen MR) is 86.2 cm³/mol. The van der Waals surface area contributed by atoms with E-state index in [0.717, 1.165) is 5.56 Å². The number of nitrogens with zero attached hydrogens (tertiary/aromatic N) is 3. The highest BCUT2D eigenvalue weighted by molar-refractivity contribution is 7.78. The van der Waals surface area contributed by atoms with Crippen LogP contribution in [0.2, 0.25) is 5.15 Å². The third kappa shape index (κ3) is 3.47. The lowest BCUT2D eigenvalue weighted by molar-refractivity contribution is 0.563. The van der Waals surface area contributed by atoms with Crippen LogP contribution in [0.1, 0.15) is 5.69 Å². The lowest BCUT2D eigenvalue weighted by Crippen LogP contribution is -2.00. The number of benzene rings is 1. The Bertz CT molecular complexity index is 850. The summed E-state index contributed by atoms with van der Waals surface area (Å²) >= 11 is 4.21. The highest BCUT2D eigenvalue weighted by Gasteiger charge is 2.13. The van der Waals surface area contributed by atoms with Crippen molar-refractivity contribution in [3.05, 3.63) is 65.6 Å². The van der Waals surface area contributed by atoms with Crippen LogP contribution in [0.4, 0.5) is 4.39 Å². The Labute approximate surface area is 139 Å². The second-order valence-corrected chi connectivity index (χ2v) is 6.02. The molecule has 1 unspecified atom stereocenters. The lowest BCUT2D eigenvalue weighted by atomic mass is 10.1. The van der Waals surface area contributed by atoms with E-state index in [4.69, 9.17) is 16.2 Å². The Morgan fingerprint density at radius 2 is 1.91 bits per heavy atom. The molecule has 0 saturated carbocycles. The van der Waals surface area contributed by atoms with Crippen molar-refractivity contribution in [2.45, 2.75) is 5.75 Å². The van der Waals surface area contributed by atoms with E-state index in [9.17, 15) is 8.60 Å². The third-order valence-corrected chi connectivity index (χ3v) is 4.02. The Morgan fingerprint density at radius 3 is 2.52 bits per heavy atom. The van der Waals surface area contributed by atoms with Crippen molar-refractivity contribution in [1.82, 2.24) is 14.5 Å². The zero-order chi connectivity index (χ0) is 16.4. The maximum Gasteiger partial charge on any atom is 0.158 e. The average molecular weight is 352 g/mol. The highest BCUT2D eigenvalue weighted by atomic mass is 35.5. The molecule has 118 valence electrons. The first kappa shape index (κ1) is 15.8. The maximum absolute atomic E-state index is 13.1. The molecule has 2 aromatic heterocycles. The lowest BCUT2D eigenvalue weighted by Gasteiger charge is -2.09. The molecule has 8 heteroatoms. The van der Waals surface area contributed by atoms with Gasteiger partial charge in [0, 0.05) is 5.56 Å². The van der Waals surface area contributed by atoms with Crippen LogP contribution < -0.4 is 0 Å². The SMILES string of the molecule is O=S(O)Cc1ccc(-n2cnc(Cl)c2-c2ccc(F)cc2)cn1. The van der Waals surface area contributed by atoms with Crippen LogP contribution in [0, 0.1) is 5.82 Å². The van der Waals surface area contributed by atoms with Crippen molar-refractivity contribution >= 4 is 22.7 Å². The van der Waals surface area contributed by atoms with E-state index in [1.165, 1.54) is 12.1 Å². The standard InChI is InChI=1S/C15H11ClFN3O2S/c16-15-14(10-1-3-11(17)4-2-10)20(9-19-15)13-6-5-12(18-7-13)8-23(21)22/h1-7,9H,8H2,(H,21,22). The smallest absolute Gasteiger partial charge is 0.158 e. The number of halogens is 2. The van der Waals surface area contributed by atoms with E-state index in [-0.39, 0.29) is 16.7 Å². The van der Waals surface area contributed by atoms with Gasteiger partial charge in [-0.25, -0.2) is 13.6 Å². The van der Waals surface area contributed by atoms with Gasteiger partial charge in [-0.15, -0.1) is 0 Å². The molecule has 1 N–H and O–H groups in total. The average Bonchev–Trinajstić information content (AvgIpc) is 2.90. The minimum Gasteiger partial charge on any atom is -0.306 e. The summed E-state index contributed by atoms with van der Waals surface area (Å²) in [7, 11) is 0. The molecule has 0 aliphatic heterocycles. The zero-order valence-corrected chi connectivity index (χ0v) is 13.3. The summed E-state index contributed by atoms with van der Waals surface area (Å²) in [5.74, 6) is -0.366. The highest BCUT2D eigenvalue weighted by Crippen LogP contribution is 2.29. The van der Waals surface area contributed by atoms with Gasteiger partial charge < -0.3 is 4.55 Å². The van der Waals surface area contributed by atoms with Gasteiger partial charge in [-0.05, 0) is 36.4 Å². The van der Waals surface area contributed by atoms with Gasteiger partial charge in [0.25, 0.3) is 0 Å². The Morgan fingerprint density at radius 1 is 1.17 bits per heavy atom. The van der Waals surface area contributed by atoms with Crippen LogP contribution in [0.5, 0.6) is 0 Å². The summed E-state index contributed by atoms with van der Waals surface area (Å²) < 4.78 is 34.5. The van der Waals surface area contributed by atoms with Crippen molar-refractivity contribution in [2.24, 2.45) is 0 Å². The third-order valence-electron chi connectivity index (χ3n) is 3.20. The molecule has 0 amide bonds. The summed E-state index contributed by atoms with van der Waals surface area (Å²) in [6, 6.07) is 9.34. The molecule has 0 fully saturated rings. The topological polar surface area (TPSA) is 68.0 Å². The molecule has 23 heavy (non-hydrogen) atoms. The van der Waals surface area contributed by atoms with Gasteiger partial charge in [-0.3, -0.25) is 9.55 Å². The quantitative estimate of drug-likeness (QED) is 0.731. The molecule has 5 nitrogen and oxygen atoms in total. The van der Waals surface area contributed by atoms with E-state index in [1.807, 2.05) is 0 Å². The van der Waals surface area contributed by atoms with E-state index in [2.05, 4.69) is 9.97 Å². The zero-order valence-electron chi connectivity index (χ0n) is 11.7. The van der Waals surface area contributed by atoms with Crippen molar-refractivity contribution in [3.8, 4) is 16.9 Å². The molecule has 1 atom stereocenters. The minimum atomic E-state index is -1.94. The number of pyridine rings is 1. The monoisotopic (exact) mass is 351 g/mol. The molecule has 2 heterocycles. The summed E-state index contributed by atoms with van der Waals surface area (Å²) in [5, 5.41) is 0.289. The molecule has 3 aromatic rings. The first-order valence-corrected chi connectivity index (χ1v) is 8.21. The summed E-state index contributed by atoms with van der Waals surface area (Å²) in [4.78, 5) is 8.23. The van der Waals surface area contributed by atoms with Crippen molar-refractivity contribution in [3.63, 3.8) is 0 Å². The van der Waals surface area contributed by atoms with E-state index in [0.29, 0.717) is 17.1 Å². The minimum absolute atomic E-state index is 0.0320. The predicted octanol–water partition coefficient (Wildman–Crippen LogP) is 3.45. The fourth-order valence-corrected chi connectivity index (χ4v) is 2.83. The Kier molecular flexibility index (Phi) is 4.51. The van der Waals surface area contributed by atoms with Gasteiger partial charge in [-0.2, -0.15) is 0 Å². The van der Waals surface area contributed by atoms with Crippen molar-refractivity contribution < 1.29 is 13.2 Å². The van der Waals surface area contributed by atoms with Gasteiger partial charge in [-0.1, -0.05) is 11.6 Å². The fourth-order valence-electron chi connectivity index (χ4n) is 2.16. The van der Waals surface area contributed by atoms with Crippen LogP contribution in [0.3, 0.4) is 0 Å². The Balaban J connectivity index is 2.01. The largest absolute Gasteiger partial charge is 0.306 e. The summed E-state index contributed by atoms with van der Waals surface area (Å²) in [5.41, 5.74) is 2.53. The fraction of sp³-hybridized carbons (Fsp3) is 0.0667. The Hall–Kier alpha value is -2.09. The van der Waals surface area contributed by atoms with Crippen LogP contribution >= 0.6 is 11.6 Å².